The van der Waals surface area contributed by atoms with Crippen LogP contribution >= 0.6 is 0 Å². The molecular formula is C24H18F2N4O5. The van der Waals surface area contributed by atoms with E-state index in [0.717, 1.165) is 6.07 Å². The van der Waals surface area contributed by atoms with E-state index in [-0.39, 0.29) is 41.3 Å². The van der Waals surface area contributed by atoms with Crippen LogP contribution in [0.25, 0.3) is 0 Å². The summed E-state index contributed by atoms with van der Waals surface area (Å²) in [4.78, 5) is 40.9. The van der Waals surface area contributed by atoms with Crippen molar-refractivity contribution in [2.45, 2.75) is 12.8 Å². The third-order valence-electron chi connectivity index (χ3n) is 5.60. The normalized spacial score (nSPS) is 15.2. The third kappa shape index (κ3) is 4.47. The number of nitrogens with one attached hydrogen (secondary N) is 3. The summed E-state index contributed by atoms with van der Waals surface area (Å²) < 4.78 is 38.8. The van der Waals surface area contributed by atoms with Gasteiger partial charge >= 0.3 is 0 Å². The van der Waals surface area contributed by atoms with Crippen LogP contribution in [0.4, 0.5) is 26.0 Å². The van der Waals surface area contributed by atoms with Crippen molar-refractivity contribution < 1.29 is 32.6 Å². The number of halogens is 2. The molecule has 0 radical (unpaired) electrons. The molecule has 1 aromatic heterocycles. The molecule has 3 N–H and O–H groups in total. The molecule has 1 aliphatic carbocycles. The van der Waals surface area contributed by atoms with Gasteiger partial charge in [0.15, 0.2) is 29.7 Å². The Bertz CT molecular complexity index is 1340. The van der Waals surface area contributed by atoms with Crippen LogP contribution in [-0.2, 0) is 14.4 Å². The number of amides is 3. The van der Waals surface area contributed by atoms with Crippen LogP contribution in [0.3, 0.4) is 0 Å². The van der Waals surface area contributed by atoms with Crippen molar-refractivity contribution in [3.05, 3.63) is 66.4 Å². The number of benzene rings is 2. The van der Waals surface area contributed by atoms with Crippen molar-refractivity contribution in [2.75, 3.05) is 22.6 Å². The summed E-state index contributed by atoms with van der Waals surface area (Å²) in [6.45, 7) is -0.223. The summed E-state index contributed by atoms with van der Waals surface area (Å²) in [5, 5.41) is 7.71. The van der Waals surface area contributed by atoms with Crippen molar-refractivity contribution in [3.8, 4) is 17.2 Å². The number of carbonyl (C=O) groups is 3. The summed E-state index contributed by atoms with van der Waals surface area (Å²) in [5.41, 5.74) is -0.774. The van der Waals surface area contributed by atoms with E-state index in [1.807, 2.05) is 0 Å². The van der Waals surface area contributed by atoms with E-state index in [1.54, 1.807) is 0 Å². The van der Waals surface area contributed by atoms with Gasteiger partial charge in [0.25, 0.3) is 5.91 Å². The van der Waals surface area contributed by atoms with Crippen molar-refractivity contribution in [2.24, 2.45) is 5.41 Å². The number of aromatic nitrogens is 1. The lowest BCUT2D eigenvalue weighted by molar-refractivity contribution is -0.131. The minimum atomic E-state index is -1.28. The summed E-state index contributed by atoms with van der Waals surface area (Å²) in [7, 11) is 0. The molecule has 178 valence electrons. The first-order chi connectivity index (χ1) is 16.8. The Labute approximate surface area is 197 Å². The van der Waals surface area contributed by atoms with Gasteiger partial charge in [-0.2, -0.15) is 0 Å². The summed E-state index contributed by atoms with van der Waals surface area (Å²) in [6, 6.07) is 10.5. The first-order valence-corrected chi connectivity index (χ1v) is 10.6. The number of hydrogen-bond donors (Lipinski definition) is 3. The van der Waals surface area contributed by atoms with Gasteiger partial charge in [0.05, 0.1) is 0 Å². The zero-order chi connectivity index (χ0) is 24.6. The summed E-state index contributed by atoms with van der Waals surface area (Å²) in [5.74, 6) is -2.33. The zero-order valence-corrected chi connectivity index (χ0v) is 18.1. The van der Waals surface area contributed by atoms with Gasteiger partial charge in [0.2, 0.25) is 17.6 Å². The third-order valence-corrected chi connectivity index (χ3v) is 5.60. The molecule has 5 rings (SSSR count). The quantitative estimate of drug-likeness (QED) is 0.462. The maximum Gasteiger partial charge on any atom is 0.263 e. The minimum absolute atomic E-state index is 0.140. The monoisotopic (exact) mass is 480 g/mol. The highest BCUT2D eigenvalue weighted by atomic mass is 19.1. The molecule has 0 unspecified atom stereocenters. The fraction of sp³-hybridized carbons (Fsp3) is 0.167. The molecule has 1 aliphatic heterocycles. The first kappa shape index (κ1) is 22.3. The van der Waals surface area contributed by atoms with E-state index in [0.29, 0.717) is 18.5 Å². The molecule has 1 fully saturated rings. The van der Waals surface area contributed by atoms with Gasteiger partial charge in [-0.15, -0.1) is 0 Å². The number of ether oxygens (including phenoxy) is 2. The van der Waals surface area contributed by atoms with E-state index in [2.05, 4.69) is 20.9 Å². The fourth-order valence-electron chi connectivity index (χ4n) is 3.54. The standard InChI is InChI=1S/C24H18F2N4O5/c25-13-1-3-14(4-2-13)28-22(32)24(8-9-24)23(33)29-15-5-6-17(16(26)11-15)35-18-7-10-27-21-20(18)34-12-19(31)30-21/h1-7,10-11H,8-9,12H2,(H,28,32)(H,29,33)(H,27,30,31). The van der Waals surface area contributed by atoms with Crippen LogP contribution in [0.15, 0.2) is 54.7 Å². The molecular weight excluding hydrogens is 462 g/mol. The molecule has 0 saturated heterocycles. The molecule has 0 atom stereocenters. The number of nitrogens with zero attached hydrogens (tertiary/aromatic N) is 1. The van der Waals surface area contributed by atoms with Gasteiger partial charge in [-0.3, -0.25) is 14.4 Å². The molecule has 2 aromatic carbocycles. The van der Waals surface area contributed by atoms with Crippen molar-refractivity contribution in [3.63, 3.8) is 0 Å². The molecule has 3 amide bonds. The number of hydrogen-bond acceptors (Lipinski definition) is 6. The second kappa shape index (κ2) is 8.67. The molecule has 0 spiro atoms. The van der Waals surface area contributed by atoms with E-state index in [9.17, 15) is 23.2 Å². The molecule has 9 nitrogen and oxygen atoms in total. The molecule has 2 heterocycles. The Morgan fingerprint density at radius 1 is 0.971 bits per heavy atom. The highest BCUT2D eigenvalue weighted by molar-refractivity contribution is 6.16. The van der Waals surface area contributed by atoms with E-state index >= 15 is 0 Å². The molecule has 3 aromatic rings. The van der Waals surface area contributed by atoms with Gasteiger partial charge < -0.3 is 25.4 Å². The lowest BCUT2D eigenvalue weighted by Crippen LogP contribution is -2.35. The number of fused-ring (bicyclic) bond motifs is 1. The summed E-state index contributed by atoms with van der Waals surface area (Å²) in [6.07, 6.45) is 2.04. The van der Waals surface area contributed by atoms with Crippen LogP contribution in [0.5, 0.6) is 17.2 Å². The summed E-state index contributed by atoms with van der Waals surface area (Å²) >= 11 is 0. The Balaban J connectivity index is 1.27. The first-order valence-electron chi connectivity index (χ1n) is 10.6. The number of carbonyl (C=O) groups excluding carboxylic acids is 3. The average Bonchev–Trinajstić information content (AvgIpc) is 3.65. The Morgan fingerprint density at radius 3 is 2.34 bits per heavy atom. The SMILES string of the molecule is O=C1COc2c(Oc3ccc(NC(=O)C4(C(=O)Nc5ccc(F)cc5)CC4)cc3F)ccnc2N1. The second-order valence-electron chi connectivity index (χ2n) is 8.07. The Morgan fingerprint density at radius 2 is 1.66 bits per heavy atom. The lowest BCUT2D eigenvalue weighted by Gasteiger charge is -2.19. The maximum atomic E-state index is 14.8. The second-order valence-corrected chi connectivity index (χ2v) is 8.07. The molecule has 35 heavy (non-hydrogen) atoms. The average molecular weight is 480 g/mol. The predicted molar refractivity (Wildman–Crippen MR) is 120 cm³/mol. The largest absolute Gasteiger partial charge is 0.476 e. The van der Waals surface area contributed by atoms with Crippen LogP contribution in [0.1, 0.15) is 12.8 Å². The van der Waals surface area contributed by atoms with Crippen LogP contribution < -0.4 is 25.4 Å². The highest BCUT2D eigenvalue weighted by Gasteiger charge is 2.56. The lowest BCUT2D eigenvalue weighted by atomic mass is 10.0. The predicted octanol–water partition coefficient (Wildman–Crippen LogP) is 3.84. The number of pyridine rings is 1. The van der Waals surface area contributed by atoms with Gasteiger partial charge in [0.1, 0.15) is 11.2 Å². The van der Waals surface area contributed by atoms with Crippen molar-refractivity contribution >= 4 is 34.9 Å². The van der Waals surface area contributed by atoms with E-state index in [1.165, 1.54) is 48.7 Å². The van der Waals surface area contributed by atoms with Crippen molar-refractivity contribution in [1.82, 2.24) is 4.98 Å². The van der Waals surface area contributed by atoms with Crippen LogP contribution in [0.2, 0.25) is 0 Å². The smallest absolute Gasteiger partial charge is 0.263 e. The Kier molecular flexibility index (Phi) is 5.51. The molecule has 1 saturated carbocycles. The van der Waals surface area contributed by atoms with Gasteiger partial charge in [-0.25, -0.2) is 13.8 Å². The zero-order valence-electron chi connectivity index (χ0n) is 18.1. The van der Waals surface area contributed by atoms with Crippen molar-refractivity contribution in [1.29, 1.82) is 0 Å². The highest BCUT2D eigenvalue weighted by Crippen LogP contribution is 2.47. The minimum Gasteiger partial charge on any atom is -0.476 e. The van der Waals surface area contributed by atoms with E-state index in [4.69, 9.17) is 9.47 Å². The van der Waals surface area contributed by atoms with Crippen LogP contribution in [0, 0.1) is 17.0 Å². The Hall–Kier alpha value is -4.54. The number of rotatable bonds is 6. The van der Waals surface area contributed by atoms with Gasteiger partial charge in [-0.1, -0.05) is 0 Å². The van der Waals surface area contributed by atoms with Gasteiger partial charge in [-0.05, 0) is 49.2 Å². The van der Waals surface area contributed by atoms with Crippen LogP contribution in [-0.4, -0.2) is 29.3 Å². The topological polar surface area (TPSA) is 119 Å². The fourth-order valence-corrected chi connectivity index (χ4v) is 3.54. The molecule has 11 heteroatoms. The number of anilines is 3. The maximum absolute atomic E-state index is 14.8. The molecule has 2 aliphatic rings. The molecule has 0 bridgehead atoms. The van der Waals surface area contributed by atoms with Gasteiger partial charge in [0, 0.05) is 29.7 Å². The van der Waals surface area contributed by atoms with E-state index < -0.39 is 28.9 Å².